The van der Waals surface area contributed by atoms with E-state index in [1.165, 1.54) is 23.4 Å². The molecule has 104 valence electrons. The predicted molar refractivity (Wildman–Crippen MR) is 77.6 cm³/mol. The van der Waals surface area contributed by atoms with Gasteiger partial charge in [-0.3, -0.25) is 4.79 Å². The molecule has 5 heteroatoms. The number of carbonyl (C=O) groups excluding carboxylic acids is 1. The van der Waals surface area contributed by atoms with Crippen LogP contribution in [-0.2, 0) is 17.6 Å². The second-order valence-electron chi connectivity index (χ2n) is 5.52. The Labute approximate surface area is 118 Å². The van der Waals surface area contributed by atoms with Crippen LogP contribution in [0.1, 0.15) is 49.6 Å². The van der Waals surface area contributed by atoms with Crippen LogP contribution in [0.25, 0.3) is 0 Å². The van der Waals surface area contributed by atoms with Crippen molar-refractivity contribution in [1.29, 1.82) is 0 Å². The molecular weight excluding hydrogens is 258 g/mol. The van der Waals surface area contributed by atoms with Gasteiger partial charge in [-0.15, -0.1) is 11.3 Å². The highest BCUT2D eigenvalue weighted by molar-refractivity contribution is 7.15. The zero-order chi connectivity index (χ0) is 13.3. The van der Waals surface area contributed by atoms with Crippen molar-refractivity contribution < 1.29 is 4.79 Å². The Balaban J connectivity index is 1.73. The molecule has 2 N–H and O–H groups in total. The average molecular weight is 279 g/mol. The van der Waals surface area contributed by atoms with Crippen LogP contribution in [-0.4, -0.2) is 23.0 Å². The molecule has 2 heterocycles. The maximum atomic E-state index is 12.5. The molecule has 1 fully saturated rings. The first kappa shape index (κ1) is 13.1. The molecule has 1 saturated heterocycles. The summed E-state index contributed by atoms with van der Waals surface area (Å²) in [5.74, 6) is 0.0959. The van der Waals surface area contributed by atoms with Crippen molar-refractivity contribution in [1.82, 2.24) is 10.3 Å². The average Bonchev–Trinajstić information content (AvgIpc) is 3.05. The fourth-order valence-corrected chi connectivity index (χ4v) is 4.13. The topological polar surface area (TPSA) is 54.0 Å². The van der Waals surface area contributed by atoms with E-state index in [-0.39, 0.29) is 11.4 Å². The van der Waals surface area contributed by atoms with Crippen LogP contribution in [0, 0.1) is 0 Å². The molecule has 1 aliphatic carbocycles. The van der Waals surface area contributed by atoms with E-state index in [0.717, 1.165) is 43.8 Å². The Morgan fingerprint density at radius 2 is 2.26 bits per heavy atom. The molecule has 1 atom stereocenters. The smallest absolute Gasteiger partial charge is 0.246 e. The minimum Gasteiger partial charge on any atom is -0.303 e. The zero-order valence-electron chi connectivity index (χ0n) is 11.4. The lowest BCUT2D eigenvalue weighted by Gasteiger charge is -2.25. The molecule has 1 unspecified atom stereocenters. The fraction of sp³-hybridized carbons (Fsp3) is 0.714. The number of rotatable bonds is 3. The molecule has 1 aromatic rings. The second-order valence-corrected chi connectivity index (χ2v) is 6.60. The Hall–Kier alpha value is -0.940. The SMILES string of the molecule is CCC1(C(=O)Nc2nc3c(s2)CCCC3)CCCN1. The van der Waals surface area contributed by atoms with Gasteiger partial charge in [0.15, 0.2) is 5.13 Å². The van der Waals surface area contributed by atoms with Gasteiger partial charge in [0.2, 0.25) is 5.91 Å². The lowest BCUT2D eigenvalue weighted by Crippen LogP contribution is -2.50. The number of nitrogens with zero attached hydrogens (tertiary/aromatic N) is 1. The van der Waals surface area contributed by atoms with Gasteiger partial charge in [0.1, 0.15) is 0 Å². The standard InChI is InChI=1S/C14H21N3OS/c1-2-14(8-5-9-15-14)12(18)17-13-16-10-6-3-4-7-11(10)19-13/h15H,2-9H2,1H3,(H,16,17,18). The highest BCUT2D eigenvalue weighted by Crippen LogP contribution is 2.31. The number of fused-ring (bicyclic) bond motifs is 1. The molecule has 1 aliphatic heterocycles. The van der Waals surface area contributed by atoms with Gasteiger partial charge in [0, 0.05) is 4.88 Å². The third-order valence-corrected chi connectivity index (χ3v) is 5.42. The summed E-state index contributed by atoms with van der Waals surface area (Å²) in [4.78, 5) is 18.4. The minimum atomic E-state index is -0.369. The molecule has 2 aliphatic rings. The number of carbonyl (C=O) groups is 1. The van der Waals surface area contributed by atoms with E-state index in [0.29, 0.717) is 0 Å². The normalized spacial score (nSPS) is 26.2. The summed E-state index contributed by atoms with van der Waals surface area (Å²) in [7, 11) is 0. The van der Waals surface area contributed by atoms with E-state index in [2.05, 4.69) is 22.5 Å². The van der Waals surface area contributed by atoms with Crippen molar-refractivity contribution in [3.05, 3.63) is 10.6 Å². The Morgan fingerprint density at radius 3 is 2.95 bits per heavy atom. The molecule has 1 aromatic heterocycles. The van der Waals surface area contributed by atoms with Crippen molar-refractivity contribution >= 4 is 22.4 Å². The number of thiazole rings is 1. The molecular formula is C14H21N3OS. The van der Waals surface area contributed by atoms with E-state index < -0.39 is 0 Å². The summed E-state index contributed by atoms with van der Waals surface area (Å²) < 4.78 is 0. The number of anilines is 1. The molecule has 0 radical (unpaired) electrons. The van der Waals surface area contributed by atoms with Gasteiger partial charge in [0.25, 0.3) is 0 Å². The number of hydrogen-bond acceptors (Lipinski definition) is 4. The van der Waals surface area contributed by atoms with Gasteiger partial charge in [-0.2, -0.15) is 0 Å². The van der Waals surface area contributed by atoms with Crippen LogP contribution in [0.15, 0.2) is 0 Å². The highest BCUT2D eigenvalue weighted by atomic mass is 32.1. The van der Waals surface area contributed by atoms with Gasteiger partial charge >= 0.3 is 0 Å². The lowest BCUT2D eigenvalue weighted by atomic mass is 9.93. The number of hydrogen-bond donors (Lipinski definition) is 2. The van der Waals surface area contributed by atoms with Crippen LogP contribution < -0.4 is 10.6 Å². The predicted octanol–water partition coefficient (Wildman–Crippen LogP) is 2.49. The van der Waals surface area contributed by atoms with Crippen molar-refractivity contribution in [3.63, 3.8) is 0 Å². The van der Waals surface area contributed by atoms with Gasteiger partial charge in [0.05, 0.1) is 11.2 Å². The van der Waals surface area contributed by atoms with Crippen LogP contribution in [0.3, 0.4) is 0 Å². The molecule has 4 nitrogen and oxygen atoms in total. The van der Waals surface area contributed by atoms with Crippen LogP contribution in [0.4, 0.5) is 5.13 Å². The molecule has 3 rings (SSSR count). The van der Waals surface area contributed by atoms with Gasteiger partial charge in [-0.1, -0.05) is 6.92 Å². The summed E-state index contributed by atoms with van der Waals surface area (Å²) in [5, 5.41) is 7.20. The molecule has 0 aromatic carbocycles. The first-order valence-electron chi connectivity index (χ1n) is 7.28. The highest BCUT2D eigenvalue weighted by Gasteiger charge is 2.39. The van der Waals surface area contributed by atoms with Crippen LogP contribution >= 0.6 is 11.3 Å². The minimum absolute atomic E-state index is 0.0959. The summed E-state index contributed by atoms with van der Waals surface area (Å²) in [6.07, 6.45) is 7.52. The zero-order valence-corrected chi connectivity index (χ0v) is 12.2. The van der Waals surface area contributed by atoms with E-state index in [1.807, 2.05) is 0 Å². The largest absolute Gasteiger partial charge is 0.303 e. The third-order valence-electron chi connectivity index (χ3n) is 4.35. The summed E-state index contributed by atoms with van der Waals surface area (Å²) in [5.41, 5.74) is 0.836. The van der Waals surface area contributed by atoms with Gasteiger partial charge in [-0.25, -0.2) is 4.98 Å². The van der Waals surface area contributed by atoms with Crippen molar-refractivity contribution in [2.45, 2.75) is 57.4 Å². The number of aromatic nitrogens is 1. The molecule has 0 saturated carbocycles. The van der Waals surface area contributed by atoms with Crippen molar-refractivity contribution in [2.24, 2.45) is 0 Å². The third kappa shape index (κ3) is 2.41. The van der Waals surface area contributed by atoms with E-state index in [9.17, 15) is 4.79 Å². The Bertz CT molecular complexity index is 454. The summed E-state index contributed by atoms with van der Waals surface area (Å²) in [6.45, 7) is 3.01. The van der Waals surface area contributed by atoms with Gasteiger partial charge in [-0.05, 0) is 51.5 Å². The Morgan fingerprint density at radius 1 is 1.42 bits per heavy atom. The first-order chi connectivity index (χ1) is 9.23. The second kappa shape index (κ2) is 5.21. The monoisotopic (exact) mass is 279 g/mol. The van der Waals surface area contributed by atoms with E-state index >= 15 is 0 Å². The number of aryl methyl sites for hydroxylation is 2. The van der Waals surface area contributed by atoms with E-state index in [1.54, 1.807) is 11.3 Å². The summed E-state index contributed by atoms with van der Waals surface area (Å²) in [6, 6.07) is 0. The molecule has 0 bridgehead atoms. The van der Waals surface area contributed by atoms with Gasteiger partial charge < -0.3 is 10.6 Å². The lowest BCUT2D eigenvalue weighted by molar-refractivity contribution is -0.122. The van der Waals surface area contributed by atoms with Crippen LogP contribution in [0.5, 0.6) is 0 Å². The molecule has 19 heavy (non-hydrogen) atoms. The number of nitrogens with one attached hydrogen (secondary N) is 2. The molecule has 1 amide bonds. The maximum Gasteiger partial charge on any atom is 0.246 e. The fourth-order valence-electron chi connectivity index (χ4n) is 3.08. The van der Waals surface area contributed by atoms with E-state index in [4.69, 9.17) is 0 Å². The maximum absolute atomic E-state index is 12.5. The molecule has 0 spiro atoms. The Kier molecular flexibility index (Phi) is 3.58. The van der Waals surface area contributed by atoms with Crippen LogP contribution in [0.2, 0.25) is 0 Å². The van der Waals surface area contributed by atoms with Crippen molar-refractivity contribution in [3.8, 4) is 0 Å². The van der Waals surface area contributed by atoms with Crippen molar-refractivity contribution in [2.75, 3.05) is 11.9 Å². The quantitative estimate of drug-likeness (QED) is 0.894. The summed E-state index contributed by atoms with van der Waals surface area (Å²) >= 11 is 1.66. The number of amides is 1. The first-order valence-corrected chi connectivity index (χ1v) is 8.10.